The molecular formula is C15H15N5O2. The number of nitrogens with zero attached hydrogens (tertiary/aromatic N) is 4. The molecule has 1 atom stereocenters. The molecule has 0 aliphatic carbocycles. The van der Waals surface area contributed by atoms with Gasteiger partial charge in [0, 0.05) is 24.4 Å². The van der Waals surface area contributed by atoms with Crippen molar-refractivity contribution in [1.82, 2.24) is 19.7 Å². The smallest absolute Gasteiger partial charge is 0.196 e. The molecule has 0 aromatic carbocycles. The van der Waals surface area contributed by atoms with Gasteiger partial charge in [-0.25, -0.2) is 15.0 Å². The van der Waals surface area contributed by atoms with Gasteiger partial charge in [-0.15, -0.1) is 4.73 Å². The fourth-order valence-electron chi connectivity index (χ4n) is 2.74. The van der Waals surface area contributed by atoms with E-state index in [-0.39, 0.29) is 5.92 Å². The first-order valence-corrected chi connectivity index (χ1v) is 7.11. The van der Waals surface area contributed by atoms with E-state index >= 15 is 0 Å². The highest BCUT2D eigenvalue weighted by Gasteiger charge is 2.21. The molecule has 3 N–H and O–H groups in total. The molecule has 0 bridgehead atoms. The van der Waals surface area contributed by atoms with E-state index in [0.29, 0.717) is 35.0 Å². The largest absolute Gasteiger partial charge is 0.425 e. The van der Waals surface area contributed by atoms with E-state index in [9.17, 15) is 5.21 Å². The minimum atomic E-state index is 0.270. The average molecular weight is 297 g/mol. The SMILES string of the molecule is Nc1ncccc1-c1nc2ccc(C3CCOC3)nc2n1O. The van der Waals surface area contributed by atoms with Crippen LogP contribution in [0.4, 0.5) is 5.82 Å². The normalized spacial score (nSPS) is 18.1. The van der Waals surface area contributed by atoms with Gasteiger partial charge in [0.15, 0.2) is 11.5 Å². The Morgan fingerprint density at radius 2 is 2.18 bits per heavy atom. The Labute approximate surface area is 126 Å². The Kier molecular flexibility index (Phi) is 2.93. The van der Waals surface area contributed by atoms with Gasteiger partial charge in [-0.3, -0.25) is 0 Å². The summed E-state index contributed by atoms with van der Waals surface area (Å²) in [6, 6.07) is 7.31. The summed E-state index contributed by atoms with van der Waals surface area (Å²) in [7, 11) is 0. The van der Waals surface area contributed by atoms with Crippen molar-refractivity contribution in [2.45, 2.75) is 12.3 Å². The summed E-state index contributed by atoms with van der Waals surface area (Å²) in [5, 5.41) is 10.4. The Morgan fingerprint density at radius 3 is 2.95 bits per heavy atom. The standard InChI is InChI=1S/C15H15N5O2/c16-13-10(2-1-6-17-13)14-19-12-4-3-11(9-5-7-22-8-9)18-15(12)20(14)21/h1-4,6,9,21H,5,7-8H2,(H2,16,17). The van der Waals surface area contributed by atoms with Gasteiger partial charge in [-0.05, 0) is 30.7 Å². The van der Waals surface area contributed by atoms with E-state index < -0.39 is 0 Å². The maximum absolute atomic E-state index is 10.4. The minimum absolute atomic E-state index is 0.270. The van der Waals surface area contributed by atoms with Gasteiger partial charge < -0.3 is 15.7 Å². The molecule has 1 aliphatic heterocycles. The molecule has 1 saturated heterocycles. The first-order chi connectivity index (χ1) is 10.7. The third-order valence-electron chi connectivity index (χ3n) is 3.93. The molecule has 0 spiro atoms. The zero-order chi connectivity index (χ0) is 15.1. The van der Waals surface area contributed by atoms with Gasteiger partial charge >= 0.3 is 0 Å². The van der Waals surface area contributed by atoms with Gasteiger partial charge in [0.05, 0.1) is 12.2 Å². The van der Waals surface area contributed by atoms with E-state index in [1.807, 2.05) is 12.1 Å². The van der Waals surface area contributed by atoms with Crippen molar-refractivity contribution in [3.63, 3.8) is 0 Å². The van der Waals surface area contributed by atoms with E-state index in [4.69, 9.17) is 10.5 Å². The molecule has 7 heteroatoms. The number of anilines is 1. The topological polar surface area (TPSA) is 99.1 Å². The van der Waals surface area contributed by atoms with Crippen molar-refractivity contribution >= 4 is 17.0 Å². The first kappa shape index (κ1) is 13.0. The molecule has 4 rings (SSSR count). The highest BCUT2D eigenvalue weighted by atomic mass is 16.5. The number of rotatable bonds is 2. The van der Waals surface area contributed by atoms with Crippen LogP contribution in [0.15, 0.2) is 30.5 Å². The van der Waals surface area contributed by atoms with Gasteiger partial charge in [0.2, 0.25) is 0 Å². The number of hydrogen-bond donors (Lipinski definition) is 2. The van der Waals surface area contributed by atoms with E-state index in [0.717, 1.165) is 23.5 Å². The molecule has 1 unspecified atom stereocenters. The quantitative estimate of drug-likeness (QED) is 0.700. The zero-order valence-corrected chi connectivity index (χ0v) is 11.8. The molecule has 3 aromatic rings. The van der Waals surface area contributed by atoms with Gasteiger partial charge in [-0.2, -0.15) is 0 Å². The molecule has 0 amide bonds. The number of nitrogen functional groups attached to an aromatic ring is 1. The number of hydrogen-bond acceptors (Lipinski definition) is 6. The average Bonchev–Trinajstić information content (AvgIpc) is 3.16. The molecule has 0 saturated carbocycles. The van der Waals surface area contributed by atoms with E-state index in [1.54, 1.807) is 18.3 Å². The van der Waals surface area contributed by atoms with Crippen LogP contribution < -0.4 is 5.73 Å². The van der Waals surface area contributed by atoms with Gasteiger partial charge in [0.25, 0.3) is 0 Å². The van der Waals surface area contributed by atoms with Crippen LogP contribution in [0.3, 0.4) is 0 Å². The Bertz CT molecular complexity index is 839. The summed E-state index contributed by atoms with van der Waals surface area (Å²) in [6.07, 6.45) is 2.54. The Balaban J connectivity index is 1.85. The molecule has 3 aromatic heterocycles. The second-order valence-corrected chi connectivity index (χ2v) is 5.32. The van der Waals surface area contributed by atoms with Crippen LogP contribution in [-0.4, -0.2) is 38.1 Å². The Morgan fingerprint density at radius 1 is 1.27 bits per heavy atom. The minimum Gasteiger partial charge on any atom is -0.425 e. The molecule has 7 nitrogen and oxygen atoms in total. The maximum atomic E-state index is 10.4. The van der Waals surface area contributed by atoms with Crippen molar-refractivity contribution in [3.05, 3.63) is 36.2 Å². The van der Waals surface area contributed by atoms with Gasteiger partial charge in [-0.1, -0.05) is 0 Å². The highest BCUT2D eigenvalue weighted by Crippen LogP contribution is 2.28. The zero-order valence-electron chi connectivity index (χ0n) is 11.8. The number of aromatic nitrogens is 4. The van der Waals surface area contributed by atoms with Crippen molar-refractivity contribution in [2.75, 3.05) is 18.9 Å². The third kappa shape index (κ3) is 1.98. The monoisotopic (exact) mass is 297 g/mol. The van der Waals surface area contributed by atoms with Crippen LogP contribution in [0.5, 0.6) is 0 Å². The summed E-state index contributed by atoms with van der Waals surface area (Å²) < 4.78 is 6.37. The highest BCUT2D eigenvalue weighted by molar-refractivity contribution is 5.79. The van der Waals surface area contributed by atoms with Crippen molar-refractivity contribution in [2.24, 2.45) is 0 Å². The fraction of sp³-hybridized carbons (Fsp3) is 0.267. The lowest BCUT2D eigenvalue weighted by atomic mass is 10.0. The van der Waals surface area contributed by atoms with E-state index in [2.05, 4.69) is 15.0 Å². The summed E-state index contributed by atoms with van der Waals surface area (Å²) in [4.78, 5) is 13.0. The van der Waals surface area contributed by atoms with Crippen LogP contribution in [0, 0.1) is 0 Å². The van der Waals surface area contributed by atoms with Crippen molar-refractivity contribution in [3.8, 4) is 11.4 Å². The van der Waals surface area contributed by atoms with Crippen molar-refractivity contribution in [1.29, 1.82) is 0 Å². The molecule has 0 radical (unpaired) electrons. The number of nitrogens with two attached hydrogens (primary N) is 1. The lowest BCUT2D eigenvalue weighted by Crippen LogP contribution is -2.03. The number of pyridine rings is 2. The van der Waals surface area contributed by atoms with Crippen LogP contribution in [0.2, 0.25) is 0 Å². The number of imidazole rings is 1. The van der Waals surface area contributed by atoms with Crippen molar-refractivity contribution < 1.29 is 9.94 Å². The molecule has 22 heavy (non-hydrogen) atoms. The second kappa shape index (κ2) is 4.96. The summed E-state index contributed by atoms with van der Waals surface area (Å²) >= 11 is 0. The Hall–Kier alpha value is -2.67. The fourth-order valence-corrected chi connectivity index (χ4v) is 2.74. The predicted molar refractivity (Wildman–Crippen MR) is 80.5 cm³/mol. The molecule has 1 aliphatic rings. The summed E-state index contributed by atoms with van der Waals surface area (Å²) in [5.74, 6) is 0.927. The number of fused-ring (bicyclic) bond motifs is 1. The van der Waals surface area contributed by atoms with Crippen LogP contribution >= 0.6 is 0 Å². The number of ether oxygens (including phenoxy) is 1. The van der Waals surface area contributed by atoms with Crippen LogP contribution in [0.1, 0.15) is 18.0 Å². The lowest BCUT2D eigenvalue weighted by molar-refractivity contribution is 0.193. The second-order valence-electron chi connectivity index (χ2n) is 5.32. The molecule has 112 valence electrons. The lowest BCUT2D eigenvalue weighted by Gasteiger charge is -2.06. The van der Waals surface area contributed by atoms with Gasteiger partial charge in [0.1, 0.15) is 11.3 Å². The molecule has 4 heterocycles. The third-order valence-corrected chi connectivity index (χ3v) is 3.93. The summed E-state index contributed by atoms with van der Waals surface area (Å²) in [6.45, 7) is 1.42. The first-order valence-electron chi connectivity index (χ1n) is 7.11. The van der Waals surface area contributed by atoms with E-state index in [1.165, 1.54) is 0 Å². The molecular weight excluding hydrogens is 282 g/mol. The predicted octanol–water partition coefficient (Wildman–Crippen LogP) is 1.82. The van der Waals surface area contributed by atoms with Crippen LogP contribution in [-0.2, 0) is 4.74 Å². The molecule has 1 fully saturated rings. The van der Waals surface area contributed by atoms with Crippen LogP contribution in [0.25, 0.3) is 22.6 Å². The maximum Gasteiger partial charge on any atom is 0.196 e. The summed E-state index contributed by atoms with van der Waals surface area (Å²) in [5.41, 5.74) is 8.38.